The predicted molar refractivity (Wildman–Crippen MR) is 115 cm³/mol. The van der Waals surface area contributed by atoms with Gasteiger partial charge in [-0.2, -0.15) is 5.10 Å². The molecule has 2 aromatic carbocycles. The molecule has 7 nitrogen and oxygen atoms in total. The standard InChI is InChI=1S/C23H26N4O3/c1-15(2)17-9-11-19(12-10-17)27-14-20(28)21(25-27)23(30)26(4)13-16-5-7-18(8-6-16)22(29)24-3/h5-12,14-15,28H,13H2,1-4H3,(H,24,29). The van der Waals surface area contributed by atoms with E-state index < -0.39 is 0 Å². The number of aromatic hydroxyl groups is 1. The highest BCUT2D eigenvalue weighted by molar-refractivity contribution is 5.95. The quantitative estimate of drug-likeness (QED) is 0.657. The number of carbonyl (C=O) groups is 2. The molecule has 0 aliphatic heterocycles. The van der Waals surface area contributed by atoms with Gasteiger partial charge in [-0.25, -0.2) is 4.68 Å². The zero-order chi connectivity index (χ0) is 21.8. The number of nitrogens with one attached hydrogen (secondary N) is 1. The van der Waals surface area contributed by atoms with Crippen molar-refractivity contribution in [1.82, 2.24) is 20.0 Å². The van der Waals surface area contributed by atoms with E-state index in [9.17, 15) is 14.7 Å². The first kappa shape index (κ1) is 21.1. The van der Waals surface area contributed by atoms with E-state index in [1.54, 1.807) is 38.4 Å². The summed E-state index contributed by atoms with van der Waals surface area (Å²) in [6.45, 7) is 4.56. The molecule has 0 aliphatic rings. The van der Waals surface area contributed by atoms with Gasteiger partial charge >= 0.3 is 0 Å². The van der Waals surface area contributed by atoms with E-state index in [2.05, 4.69) is 24.3 Å². The van der Waals surface area contributed by atoms with Gasteiger partial charge in [-0.3, -0.25) is 9.59 Å². The second kappa shape index (κ2) is 8.82. The lowest BCUT2D eigenvalue weighted by Crippen LogP contribution is -2.27. The highest BCUT2D eigenvalue weighted by Crippen LogP contribution is 2.22. The monoisotopic (exact) mass is 406 g/mol. The largest absolute Gasteiger partial charge is 0.504 e. The van der Waals surface area contributed by atoms with Gasteiger partial charge in [0.05, 0.1) is 11.9 Å². The van der Waals surface area contributed by atoms with E-state index in [-0.39, 0.29) is 23.3 Å². The molecule has 0 aliphatic carbocycles. The Kier molecular flexibility index (Phi) is 6.20. The molecule has 0 spiro atoms. The number of hydrogen-bond donors (Lipinski definition) is 2. The number of nitrogens with zero attached hydrogens (tertiary/aromatic N) is 3. The number of rotatable bonds is 6. The molecule has 2 N–H and O–H groups in total. The summed E-state index contributed by atoms with van der Waals surface area (Å²) in [6.07, 6.45) is 1.43. The molecule has 3 rings (SSSR count). The molecule has 3 aromatic rings. The van der Waals surface area contributed by atoms with Crippen LogP contribution in [0.1, 0.15) is 51.7 Å². The van der Waals surface area contributed by atoms with Crippen molar-refractivity contribution in [3.63, 3.8) is 0 Å². The second-order valence-electron chi connectivity index (χ2n) is 7.49. The van der Waals surface area contributed by atoms with Gasteiger partial charge in [-0.15, -0.1) is 0 Å². The summed E-state index contributed by atoms with van der Waals surface area (Å²) < 4.78 is 1.50. The van der Waals surface area contributed by atoms with E-state index >= 15 is 0 Å². The molecule has 1 heterocycles. The Labute approximate surface area is 175 Å². The summed E-state index contributed by atoms with van der Waals surface area (Å²) in [5.74, 6) is -0.306. The minimum Gasteiger partial charge on any atom is -0.504 e. The van der Waals surface area contributed by atoms with Crippen molar-refractivity contribution in [3.8, 4) is 11.4 Å². The fourth-order valence-electron chi connectivity index (χ4n) is 3.09. The summed E-state index contributed by atoms with van der Waals surface area (Å²) in [5, 5.41) is 17.1. The fraction of sp³-hybridized carbons (Fsp3) is 0.261. The van der Waals surface area contributed by atoms with Crippen molar-refractivity contribution < 1.29 is 14.7 Å². The van der Waals surface area contributed by atoms with Gasteiger partial charge in [-0.05, 0) is 41.3 Å². The Bertz CT molecular complexity index is 1040. The molecule has 0 saturated heterocycles. The van der Waals surface area contributed by atoms with Crippen LogP contribution in [0.2, 0.25) is 0 Å². The van der Waals surface area contributed by atoms with Crippen LogP contribution in [0.15, 0.2) is 54.7 Å². The zero-order valence-corrected chi connectivity index (χ0v) is 17.6. The van der Waals surface area contributed by atoms with Crippen molar-refractivity contribution in [3.05, 3.63) is 77.1 Å². The van der Waals surface area contributed by atoms with Gasteiger partial charge in [-0.1, -0.05) is 38.1 Å². The zero-order valence-electron chi connectivity index (χ0n) is 17.6. The lowest BCUT2D eigenvalue weighted by Gasteiger charge is -2.16. The molecule has 1 aromatic heterocycles. The maximum Gasteiger partial charge on any atom is 0.278 e. The van der Waals surface area contributed by atoms with Gasteiger partial charge < -0.3 is 15.3 Å². The van der Waals surface area contributed by atoms with Crippen LogP contribution in [0, 0.1) is 0 Å². The van der Waals surface area contributed by atoms with E-state index in [1.165, 1.54) is 21.3 Å². The number of benzene rings is 2. The molecule has 2 amide bonds. The Balaban J connectivity index is 1.74. The van der Waals surface area contributed by atoms with Gasteiger partial charge in [0, 0.05) is 26.2 Å². The minimum atomic E-state index is -0.388. The van der Waals surface area contributed by atoms with Gasteiger partial charge in [0.15, 0.2) is 11.4 Å². The summed E-state index contributed by atoms with van der Waals surface area (Å²) in [7, 11) is 3.22. The average Bonchev–Trinajstić information content (AvgIpc) is 3.14. The van der Waals surface area contributed by atoms with E-state index in [0.29, 0.717) is 18.0 Å². The minimum absolute atomic E-state index is 0.00702. The first-order valence-electron chi connectivity index (χ1n) is 9.75. The topological polar surface area (TPSA) is 87.5 Å². The average molecular weight is 406 g/mol. The van der Waals surface area contributed by atoms with Crippen LogP contribution in [-0.4, -0.2) is 45.7 Å². The first-order chi connectivity index (χ1) is 14.3. The number of amides is 2. The van der Waals surface area contributed by atoms with Crippen LogP contribution >= 0.6 is 0 Å². The van der Waals surface area contributed by atoms with Crippen LogP contribution in [0.4, 0.5) is 0 Å². The van der Waals surface area contributed by atoms with Crippen LogP contribution in [0.3, 0.4) is 0 Å². The van der Waals surface area contributed by atoms with Gasteiger partial charge in [0.2, 0.25) is 0 Å². The molecule has 156 valence electrons. The third-order valence-corrected chi connectivity index (χ3v) is 4.93. The third-order valence-electron chi connectivity index (χ3n) is 4.93. The molecule has 0 bridgehead atoms. The Hall–Kier alpha value is -3.61. The summed E-state index contributed by atoms with van der Waals surface area (Å²) in [5.41, 5.74) is 3.37. The van der Waals surface area contributed by atoms with Crippen molar-refractivity contribution in [2.45, 2.75) is 26.3 Å². The van der Waals surface area contributed by atoms with Crippen molar-refractivity contribution in [2.24, 2.45) is 0 Å². The van der Waals surface area contributed by atoms with E-state index in [1.807, 2.05) is 24.3 Å². The Morgan fingerprint density at radius 3 is 2.30 bits per heavy atom. The van der Waals surface area contributed by atoms with Crippen LogP contribution < -0.4 is 5.32 Å². The maximum absolute atomic E-state index is 12.8. The lowest BCUT2D eigenvalue weighted by atomic mass is 10.0. The number of hydrogen-bond acceptors (Lipinski definition) is 4. The van der Waals surface area contributed by atoms with Crippen molar-refractivity contribution >= 4 is 11.8 Å². The fourth-order valence-corrected chi connectivity index (χ4v) is 3.09. The number of carbonyl (C=O) groups excluding carboxylic acids is 2. The Morgan fingerprint density at radius 2 is 1.73 bits per heavy atom. The highest BCUT2D eigenvalue weighted by atomic mass is 16.3. The molecule has 0 saturated carbocycles. The molecule has 0 atom stereocenters. The van der Waals surface area contributed by atoms with Crippen molar-refractivity contribution in [1.29, 1.82) is 0 Å². The molecule has 30 heavy (non-hydrogen) atoms. The molecular weight excluding hydrogens is 380 g/mol. The maximum atomic E-state index is 12.8. The van der Waals surface area contributed by atoms with Crippen LogP contribution in [0.25, 0.3) is 5.69 Å². The molecular formula is C23H26N4O3. The van der Waals surface area contributed by atoms with E-state index in [4.69, 9.17) is 0 Å². The number of aromatic nitrogens is 2. The summed E-state index contributed by atoms with van der Waals surface area (Å²) in [6, 6.07) is 14.8. The highest BCUT2D eigenvalue weighted by Gasteiger charge is 2.21. The normalized spacial score (nSPS) is 10.8. The van der Waals surface area contributed by atoms with Crippen LogP contribution in [0.5, 0.6) is 5.75 Å². The molecule has 0 radical (unpaired) electrons. The second-order valence-corrected chi connectivity index (χ2v) is 7.49. The smallest absolute Gasteiger partial charge is 0.278 e. The Morgan fingerprint density at radius 1 is 1.10 bits per heavy atom. The molecule has 7 heteroatoms. The summed E-state index contributed by atoms with van der Waals surface area (Å²) >= 11 is 0. The SMILES string of the molecule is CNC(=O)c1ccc(CN(C)C(=O)c2nn(-c3ccc(C(C)C)cc3)cc2O)cc1. The molecule has 0 unspecified atom stereocenters. The first-order valence-corrected chi connectivity index (χ1v) is 9.75. The lowest BCUT2D eigenvalue weighted by molar-refractivity contribution is 0.0775. The van der Waals surface area contributed by atoms with Gasteiger partial charge in [0.1, 0.15) is 0 Å². The molecule has 0 fully saturated rings. The predicted octanol–water partition coefficient (Wildman–Crippen LogP) is 3.33. The van der Waals surface area contributed by atoms with Crippen LogP contribution in [-0.2, 0) is 6.54 Å². The van der Waals surface area contributed by atoms with E-state index in [0.717, 1.165) is 11.3 Å². The van der Waals surface area contributed by atoms with Gasteiger partial charge in [0.25, 0.3) is 11.8 Å². The third kappa shape index (κ3) is 4.51. The summed E-state index contributed by atoms with van der Waals surface area (Å²) in [4.78, 5) is 25.9. The van der Waals surface area contributed by atoms with Crippen molar-refractivity contribution in [2.75, 3.05) is 14.1 Å².